The smallest absolute Gasteiger partial charge is 0.337 e. The summed E-state index contributed by atoms with van der Waals surface area (Å²) in [6, 6.07) is 5.88. The van der Waals surface area contributed by atoms with Gasteiger partial charge in [-0.2, -0.15) is 0 Å². The van der Waals surface area contributed by atoms with E-state index in [0.29, 0.717) is 5.56 Å². The summed E-state index contributed by atoms with van der Waals surface area (Å²) >= 11 is 0. The van der Waals surface area contributed by atoms with E-state index in [0.717, 1.165) is 25.7 Å². The zero-order valence-electron chi connectivity index (χ0n) is 15.4. The third-order valence-corrected chi connectivity index (χ3v) is 4.06. The molecule has 25 heavy (non-hydrogen) atoms. The number of benzene rings is 1. The highest BCUT2D eigenvalue weighted by atomic mass is 16.5. The van der Waals surface area contributed by atoms with Gasteiger partial charge in [0, 0.05) is 0 Å². The number of aliphatic hydroxyl groups is 3. The molecule has 1 rings (SSSR count). The zero-order chi connectivity index (χ0) is 19.2. The second-order valence-corrected chi connectivity index (χ2v) is 5.94. The van der Waals surface area contributed by atoms with Crippen molar-refractivity contribution >= 4 is 5.97 Å². The van der Waals surface area contributed by atoms with Crippen LogP contribution in [0.2, 0.25) is 0 Å². The van der Waals surface area contributed by atoms with Gasteiger partial charge in [0.15, 0.2) is 0 Å². The first-order chi connectivity index (χ1) is 11.9. The van der Waals surface area contributed by atoms with Crippen molar-refractivity contribution in [3.8, 4) is 5.75 Å². The molecule has 0 bridgehead atoms. The fourth-order valence-electron chi connectivity index (χ4n) is 2.41. The van der Waals surface area contributed by atoms with Gasteiger partial charge in [0.05, 0.1) is 25.4 Å². The molecule has 0 aliphatic rings. The average Bonchev–Trinajstić information content (AvgIpc) is 2.64. The van der Waals surface area contributed by atoms with Crippen LogP contribution in [-0.2, 0) is 4.74 Å². The maximum absolute atomic E-state index is 10.8. The number of carbonyl (C=O) groups excluding carboxylic acids is 1. The maximum Gasteiger partial charge on any atom is 0.337 e. The topological polar surface area (TPSA) is 107 Å². The number of aliphatic hydroxyl groups excluding tert-OH is 3. The number of ether oxygens (including phenoxy) is 1. The largest absolute Gasteiger partial charge is 0.508 e. The third-order valence-electron chi connectivity index (χ3n) is 4.06. The lowest BCUT2D eigenvalue weighted by Gasteiger charge is -2.24. The van der Waals surface area contributed by atoms with Crippen molar-refractivity contribution < 1.29 is 30.0 Å². The predicted octanol–water partition coefficient (Wildman–Crippen LogP) is 2.49. The molecule has 0 aliphatic carbocycles. The Labute approximate surface area is 150 Å². The van der Waals surface area contributed by atoms with Crippen LogP contribution in [0.1, 0.15) is 56.3 Å². The molecule has 0 aliphatic heterocycles. The third kappa shape index (κ3) is 9.43. The highest BCUT2D eigenvalue weighted by Gasteiger charge is 2.23. The number of aromatic hydroxyl groups is 1. The summed E-state index contributed by atoms with van der Waals surface area (Å²) in [6.07, 6.45) is 3.44. The van der Waals surface area contributed by atoms with E-state index in [1.54, 1.807) is 0 Å². The molecule has 1 aromatic carbocycles. The highest BCUT2D eigenvalue weighted by Crippen LogP contribution is 2.19. The van der Waals surface area contributed by atoms with Gasteiger partial charge in [-0.15, -0.1) is 0 Å². The number of esters is 1. The summed E-state index contributed by atoms with van der Waals surface area (Å²) in [5.41, 5.74) is 0.435. The van der Waals surface area contributed by atoms with E-state index in [1.807, 2.05) is 6.92 Å². The van der Waals surface area contributed by atoms with Crippen LogP contribution in [0.3, 0.4) is 0 Å². The van der Waals surface area contributed by atoms with Gasteiger partial charge < -0.3 is 25.2 Å². The first kappa shape index (κ1) is 23.4. The normalized spacial score (nSPS) is 14.0. The molecule has 0 fully saturated rings. The van der Waals surface area contributed by atoms with Gasteiger partial charge in [-0.25, -0.2) is 4.79 Å². The molecule has 0 heterocycles. The second-order valence-electron chi connectivity index (χ2n) is 5.94. The van der Waals surface area contributed by atoms with Crippen LogP contribution in [0.25, 0.3) is 0 Å². The van der Waals surface area contributed by atoms with Crippen LogP contribution >= 0.6 is 0 Å². The Hall–Kier alpha value is -1.63. The maximum atomic E-state index is 10.8. The molecule has 3 unspecified atom stereocenters. The number of hydrogen-bond donors (Lipinski definition) is 4. The molecule has 0 saturated carbocycles. The summed E-state index contributed by atoms with van der Waals surface area (Å²) < 4.78 is 4.46. The quantitative estimate of drug-likeness (QED) is 0.400. The number of rotatable bonds is 9. The van der Waals surface area contributed by atoms with E-state index in [4.69, 9.17) is 10.2 Å². The van der Waals surface area contributed by atoms with Crippen molar-refractivity contribution in [2.45, 2.75) is 58.2 Å². The van der Waals surface area contributed by atoms with Crippen LogP contribution in [0.4, 0.5) is 0 Å². The lowest BCUT2D eigenvalue weighted by atomic mass is 9.90. The molecule has 3 atom stereocenters. The van der Waals surface area contributed by atoms with Crippen LogP contribution in [0.15, 0.2) is 24.3 Å². The summed E-state index contributed by atoms with van der Waals surface area (Å²) in [5.74, 6) is -0.147. The molecule has 6 nitrogen and oxygen atoms in total. The molecule has 6 heteroatoms. The lowest BCUT2D eigenvalue weighted by Crippen LogP contribution is -2.35. The van der Waals surface area contributed by atoms with E-state index in [9.17, 15) is 15.0 Å². The first-order valence-electron chi connectivity index (χ1n) is 8.75. The van der Waals surface area contributed by atoms with Crippen molar-refractivity contribution in [2.24, 2.45) is 5.92 Å². The number of phenolic OH excluding ortho intramolecular Hbond substituents is 1. The lowest BCUT2D eigenvalue weighted by molar-refractivity contribution is -0.0461. The summed E-state index contributed by atoms with van der Waals surface area (Å²) in [5, 5.41) is 36.5. The minimum Gasteiger partial charge on any atom is -0.508 e. The Bertz CT molecular complexity index is 459. The Balaban J connectivity index is 0.000000472. The predicted molar refractivity (Wildman–Crippen MR) is 96.5 cm³/mol. The molecule has 4 N–H and O–H groups in total. The fourth-order valence-corrected chi connectivity index (χ4v) is 2.41. The molecular formula is C19H32O6. The molecule has 0 radical (unpaired) electrons. The van der Waals surface area contributed by atoms with Crippen molar-refractivity contribution in [2.75, 3.05) is 13.7 Å². The fraction of sp³-hybridized carbons (Fsp3) is 0.632. The number of unbranched alkanes of at least 4 members (excludes halogenated alkanes) is 2. The summed E-state index contributed by atoms with van der Waals surface area (Å²) in [6.45, 7) is 3.79. The number of phenols is 1. The van der Waals surface area contributed by atoms with Gasteiger partial charge in [-0.05, 0) is 36.6 Å². The Kier molecular flexibility index (Phi) is 12.7. The van der Waals surface area contributed by atoms with Crippen LogP contribution in [0, 0.1) is 5.92 Å². The van der Waals surface area contributed by atoms with E-state index in [-0.39, 0.29) is 18.3 Å². The van der Waals surface area contributed by atoms with Gasteiger partial charge >= 0.3 is 5.97 Å². The Morgan fingerprint density at radius 1 is 1.12 bits per heavy atom. The number of methoxy groups -OCH3 is 1. The molecule has 1 aromatic rings. The SMILES string of the molecule is CCCCCC(CC)C(O)C(O)CO.COC(=O)c1ccc(O)cc1. The van der Waals surface area contributed by atoms with Gasteiger partial charge in [0.1, 0.15) is 11.9 Å². The van der Waals surface area contributed by atoms with E-state index >= 15 is 0 Å². The Morgan fingerprint density at radius 3 is 2.16 bits per heavy atom. The summed E-state index contributed by atoms with van der Waals surface area (Å²) in [7, 11) is 1.31. The molecule has 0 amide bonds. The minimum absolute atomic E-state index is 0.115. The van der Waals surface area contributed by atoms with Crippen LogP contribution in [-0.4, -0.2) is 52.3 Å². The van der Waals surface area contributed by atoms with Crippen molar-refractivity contribution in [3.63, 3.8) is 0 Å². The number of carbonyl (C=O) groups is 1. The second kappa shape index (κ2) is 13.6. The molecule has 0 saturated heterocycles. The van der Waals surface area contributed by atoms with Crippen molar-refractivity contribution in [3.05, 3.63) is 29.8 Å². The van der Waals surface area contributed by atoms with Crippen molar-refractivity contribution in [1.82, 2.24) is 0 Å². The van der Waals surface area contributed by atoms with E-state index < -0.39 is 18.2 Å². The molecular weight excluding hydrogens is 324 g/mol. The van der Waals surface area contributed by atoms with Gasteiger partial charge in [0.2, 0.25) is 0 Å². The minimum atomic E-state index is -0.985. The van der Waals surface area contributed by atoms with Crippen molar-refractivity contribution in [1.29, 1.82) is 0 Å². The van der Waals surface area contributed by atoms with Crippen LogP contribution < -0.4 is 0 Å². The molecule has 0 aromatic heterocycles. The summed E-state index contributed by atoms with van der Waals surface area (Å²) in [4.78, 5) is 10.8. The Morgan fingerprint density at radius 2 is 1.72 bits per heavy atom. The van der Waals surface area contributed by atoms with Gasteiger partial charge in [-0.1, -0.05) is 39.5 Å². The molecule has 144 valence electrons. The number of hydrogen-bond acceptors (Lipinski definition) is 6. The first-order valence-corrected chi connectivity index (χ1v) is 8.75. The zero-order valence-corrected chi connectivity index (χ0v) is 15.4. The van der Waals surface area contributed by atoms with E-state index in [2.05, 4.69) is 11.7 Å². The van der Waals surface area contributed by atoms with Gasteiger partial charge in [0.25, 0.3) is 0 Å². The van der Waals surface area contributed by atoms with Crippen LogP contribution in [0.5, 0.6) is 5.75 Å². The van der Waals surface area contributed by atoms with Gasteiger partial charge in [-0.3, -0.25) is 0 Å². The molecule has 0 spiro atoms. The highest BCUT2D eigenvalue weighted by molar-refractivity contribution is 5.89. The monoisotopic (exact) mass is 356 g/mol. The average molecular weight is 356 g/mol. The van der Waals surface area contributed by atoms with E-state index in [1.165, 1.54) is 37.8 Å². The standard InChI is InChI=1S/C11H24O3.C8H8O3/c1-3-5-6-7-9(4-2)11(14)10(13)8-12;1-11-8(10)6-2-4-7(9)5-3-6/h9-14H,3-8H2,1-2H3;2-5,9H,1H3.